The van der Waals surface area contributed by atoms with E-state index < -0.39 is 76.0 Å². The number of β-amino-alcohol motifs (C(OH)–C–C–N with tert-alkyl or cyclic N) is 2. The number of nitrogens with zero attached hydrogens (tertiary/aromatic N) is 3. The molecule has 3 N–H and O–H groups in total. The van der Waals surface area contributed by atoms with Crippen LogP contribution in [-0.4, -0.2) is 63.2 Å². The van der Waals surface area contributed by atoms with E-state index in [0.29, 0.717) is 22.9 Å². The molecule has 1 amide bonds. The van der Waals surface area contributed by atoms with E-state index in [-0.39, 0.29) is 24.3 Å². The SMILES string of the molecule is CC(C)C(NC(=O)c1cn(-c2c(F)cc(F)cc2F)c2nc(N3C[C@@H](O)[C@H](O)C3)ccc2c1=O)C(F)(F)F. The molecule has 0 radical (unpaired) electrons. The Morgan fingerprint density at radius 2 is 1.66 bits per heavy atom. The molecule has 38 heavy (non-hydrogen) atoms. The maximum absolute atomic E-state index is 14.8. The molecule has 1 aliphatic rings. The van der Waals surface area contributed by atoms with Gasteiger partial charge < -0.3 is 20.4 Å². The Bertz CT molecular complexity index is 1430. The predicted molar refractivity (Wildman–Crippen MR) is 124 cm³/mol. The zero-order valence-electron chi connectivity index (χ0n) is 19.9. The van der Waals surface area contributed by atoms with Crippen LogP contribution in [0.25, 0.3) is 16.7 Å². The van der Waals surface area contributed by atoms with Crippen LogP contribution in [0.4, 0.5) is 32.2 Å². The first-order valence-corrected chi connectivity index (χ1v) is 11.4. The molecule has 4 rings (SSSR count). The zero-order valence-corrected chi connectivity index (χ0v) is 19.9. The summed E-state index contributed by atoms with van der Waals surface area (Å²) in [6.07, 6.45) is -6.45. The quantitative estimate of drug-likeness (QED) is 0.427. The number of pyridine rings is 2. The number of carbonyl (C=O) groups is 1. The molecule has 3 heterocycles. The topological polar surface area (TPSA) is 108 Å². The van der Waals surface area contributed by atoms with Gasteiger partial charge in [0.15, 0.2) is 17.3 Å². The van der Waals surface area contributed by atoms with Crippen molar-refractivity contribution in [2.24, 2.45) is 5.92 Å². The van der Waals surface area contributed by atoms with Gasteiger partial charge in [0.1, 0.15) is 28.9 Å². The van der Waals surface area contributed by atoms with Crippen molar-refractivity contribution in [3.63, 3.8) is 0 Å². The van der Waals surface area contributed by atoms with Gasteiger partial charge in [0, 0.05) is 31.4 Å². The molecule has 1 aliphatic heterocycles. The van der Waals surface area contributed by atoms with Crippen molar-refractivity contribution in [3.05, 3.63) is 63.7 Å². The number of rotatable bonds is 5. The van der Waals surface area contributed by atoms with E-state index in [9.17, 15) is 46.1 Å². The number of benzene rings is 1. The second kappa shape index (κ2) is 9.91. The van der Waals surface area contributed by atoms with Crippen molar-refractivity contribution < 1.29 is 41.4 Å². The third kappa shape index (κ3) is 5.05. The number of fused-ring (bicyclic) bond motifs is 1. The van der Waals surface area contributed by atoms with E-state index in [0.717, 1.165) is 6.07 Å². The molecule has 1 unspecified atom stereocenters. The Morgan fingerprint density at radius 1 is 1.08 bits per heavy atom. The van der Waals surface area contributed by atoms with Gasteiger partial charge in [-0.3, -0.25) is 14.2 Å². The molecule has 8 nitrogen and oxygen atoms in total. The molecule has 204 valence electrons. The smallest absolute Gasteiger partial charge is 0.389 e. The summed E-state index contributed by atoms with van der Waals surface area (Å²) in [7, 11) is 0. The molecule has 0 bridgehead atoms. The molecule has 2 aromatic heterocycles. The van der Waals surface area contributed by atoms with Crippen LogP contribution in [0.2, 0.25) is 0 Å². The summed E-state index contributed by atoms with van der Waals surface area (Å²) in [6.45, 7) is 2.30. The van der Waals surface area contributed by atoms with Gasteiger partial charge in [-0.1, -0.05) is 13.8 Å². The third-order valence-corrected chi connectivity index (χ3v) is 6.19. The van der Waals surface area contributed by atoms with E-state index in [2.05, 4.69) is 4.98 Å². The molecular formula is C24H22F6N4O4. The average Bonchev–Trinajstić information content (AvgIpc) is 3.15. The second-order valence-corrected chi connectivity index (χ2v) is 9.28. The lowest BCUT2D eigenvalue weighted by molar-refractivity contribution is -0.162. The number of amides is 1. The van der Waals surface area contributed by atoms with Gasteiger partial charge >= 0.3 is 6.18 Å². The Morgan fingerprint density at radius 3 is 2.18 bits per heavy atom. The summed E-state index contributed by atoms with van der Waals surface area (Å²) >= 11 is 0. The lowest BCUT2D eigenvalue weighted by Gasteiger charge is -2.25. The fourth-order valence-corrected chi connectivity index (χ4v) is 4.27. The molecule has 0 saturated carbocycles. The zero-order chi connectivity index (χ0) is 28.1. The molecule has 0 spiro atoms. The van der Waals surface area contributed by atoms with Crippen LogP contribution in [0.15, 0.2) is 35.3 Å². The number of alkyl halides is 3. The van der Waals surface area contributed by atoms with E-state index in [1.165, 1.54) is 24.8 Å². The number of halogens is 6. The van der Waals surface area contributed by atoms with E-state index in [1.54, 1.807) is 5.32 Å². The number of aromatic nitrogens is 2. The second-order valence-electron chi connectivity index (χ2n) is 9.28. The van der Waals surface area contributed by atoms with Crippen LogP contribution in [-0.2, 0) is 0 Å². The molecule has 3 aromatic rings. The third-order valence-electron chi connectivity index (χ3n) is 6.19. The minimum Gasteiger partial charge on any atom is -0.389 e. The number of nitrogens with one attached hydrogen (secondary N) is 1. The van der Waals surface area contributed by atoms with E-state index >= 15 is 0 Å². The Hall–Kier alpha value is -3.65. The fourth-order valence-electron chi connectivity index (χ4n) is 4.27. The highest BCUT2D eigenvalue weighted by Gasteiger charge is 2.43. The van der Waals surface area contributed by atoms with Gasteiger partial charge in [-0.05, 0) is 18.1 Å². The summed E-state index contributed by atoms with van der Waals surface area (Å²) < 4.78 is 84.2. The molecular weight excluding hydrogens is 522 g/mol. The van der Waals surface area contributed by atoms with Gasteiger partial charge in [-0.2, -0.15) is 13.2 Å². The van der Waals surface area contributed by atoms with E-state index in [1.807, 2.05) is 0 Å². The van der Waals surface area contributed by atoms with Gasteiger partial charge in [0.05, 0.1) is 17.6 Å². The highest BCUT2D eigenvalue weighted by atomic mass is 19.4. The summed E-state index contributed by atoms with van der Waals surface area (Å²) in [5.74, 6) is -6.60. The molecule has 3 atom stereocenters. The van der Waals surface area contributed by atoms with Crippen molar-refractivity contribution in [2.45, 2.75) is 38.3 Å². The van der Waals surface area contributed by atoms with Crippen molar-refractivity contribution in [2.75, 3.05) is 18.0 Å². The normalized spacial score (nSPS) is 18.9. The van der Waals surface area contributed by atoms with Gasteiger partial charge in [-0.15, -0.1) is 0 Å². The van der Waals surface area contributed by atoms with Gasteiger partial charge in [0.2, 0.25) is 5.43 Å². The standard InChI is InChI=1S/C24H22F6N4O4/c1-10(2)21(24(28,29)30)32-23(38)13-7-34(19-14(26)5-11(25)6-15(19)27)22-12(20(13)37)3-4-18(31-22)33-8-16(35)17(36)9-33/h3-7,10,16-17,21,35-36H,8-9H2,1-2H3,(H,32,38)/t16-,17-,21?/m1/s1. The lowest BCUT2D eigenvalue weighted by atomic mass is 10.0. The molecule has 14 heteroatoms. The van der Waals surface area contributed by atoms with Crippen molar-refractivity contribution >= 4 is 22.8 Å². The summed E-state index contributed by atoms with van der Waals surface area (Å²) in [5, 5.41) is 21.1. The maximum Gasteiger partial charge on any atom is 0.408 e. The largest absolute Gasteiger partial charge is 0.408 e. The summed E-state index contributed by atoms with van der Waals surface area (Å²) in [5.41, 5.74) is -3.27. The maximum atomic E-state index is 14.8. The number of aliphatic hydroxyl groups excluding tert-OH is 2. The van der Waals surface area contributed by atoms with Crippen LogP contribution in [0, 0.1) is 23.4 Å². The van der Waals surface area contributed by atoms with Crippen LogP contribution < -0.4 is 15.6 Å². The number of anilines is 1. The van der Waals surface area contributed by atoms with Crippen molar-refractivity contribution in [1.82, 2.24) is 14.9 Å². The molecule has 0 aliphatic carbocycles. The molecule has 1 aromatic carbocycles. The number of hydrogen-bond acceptors (Lipinski definition) is 6. The van der Waals surface area contributed by atoms with Crippen molar-refractivity contribution in [3.8, 4) is 5.69 Å². The first-order chi connectivity index (χ1) is 17.7. The fraction of sp³-hybridized carbons (Fsp3) is 0.375. The van der Waals surface area contributed by atoms with Gasteiger partial charge in [0.25, 0.3) is 5.91 Å². The minimum atomic E-state index is -4.85. The number of carbonyl (C=O) groups excluding carboxylic acids is 1. The highest BCUT2D eigenvalue weighted by molar-refractivity contribution is 5.97. The Kier molecular flexibility index (Phi) is 7.14. The van der Waals surface area contributed by atoms with Crippen LogP contribution in [0.5, 0.6) is 0 Å². The van der Waals surface area contributed by atoms with E-state index in [4.69, 9.17) is 0 Å². The minimum absolute atomic E-state index is 0.0578. The van der Waals surface area contributed by atoms with Crippen LogP contribution in [0.1, 0.15) is 24.2 Å². The average molecular weight is 544 g/mol. The summed E-state index contributed by atoms with van der Waals surface area (Å²) in [6, 6.07) is 0.791. The van der Waals surface area contributed by atoms with Crippen molar-refractivity contribution in [1.29, 1.82) is 0 Å². The number of aliphatic hydroxyl groups is 2. The van der Waals surface area contributed by atoms with Crippen LogP contribution in [0.3, 0.4) is 0 Å². The molecule has 1 saturated heterocycles. The van der Waals surface area contributed by atoms with Gasteiger partial charge in [-0.25, -0.2) is 18.2 Å². The predicted octanol–water partition coefficient (Wildman–Crippen LogP) is 2.66. The Labute approximate surface area is 211 Å². The van der Waals surface area contributed by atoms with Crippen LogP contribution >= 0.6 is 0 Å². The lowest BCUT2D eigenvalue weighted by Crippen LogP contribution is -2.49. The first kappa shape index (κ1) is 27.4. The Balaban J connectivity index is 1.94. The first-order valence-electron chi connectivity index (χ1n) is 11.4. The molecule has 1 fully saturated rings. The highest BCUT2D eigenvalue weighted by Crippen LogP contribution is 2.28. The number of hydrogen-bond donors (Lipinski definition) is 3. The summed E-state index contributed by atoms with van der Waals surface area (Å²) in [4.78, 5) is 31.7. The monoisotopic (exact) mass is 544 g/mol.